The second-order valence-electron chi connectivity index (χ2n) is 9.08. The molecule has 0 aliphatic heterocycles. The van der Waals surface area contributed by atoms with Crippen molar-refractivity contribution in [2.75, 3.05) is 0 Å². The standard InChI is InChI=1S/C33H29.3ClH.Ti/c1-24-11-7-16-28(21-24)33(29-17-8-12-25(2)22-29,30-18-9-13-26(3)23-30)32-20-10-19-31(32)27-14-5-4-6-15-27;;;;/h4-23H,1-3H3;3*1H;/q-1;;;;+4/p-3. The summed E-state index contributed by atoms with van der Waals surface area (Å²) >= 11 is 0. The van der Waals surface area contributed by atoms with Crippen LogP contribution in [0.5, 0.6) is 0 Å². The average Bonchev–Trinajstić information content (AvgIpc) is 3.31. The molecule has 0 saturated carbocycles. The molecule has 0 aliphatic carbocycles. The van der Waals surface area contributed by atoms with E-state index < -0.39 is 5.41 Å². The van der Waals surface area contributed by atoms with E-state index in [1.54, 1.807) is 0 Å². The maximum Gasteiger partial charge on any atom is 4.00 e. The van der Waals surface area contributed by atoms with E-state index in [1.165, 1.54) is 50.1 Å². The first-order chi connectivity index (χ1) is 16.1. The molecule has 0 aliphatic rings. The first-order valence-electron chi connectivity index (χ1n) is 11.6. The molecule has 0 radical (unpaired) electrons. The summed E-state index contributed by atoms with van der Waals surface area (Å²) < 4.78 is 0. The van der Waals surface area contributed by atoms with E-state index in [-0.39, 0.29) is 58.9 Å². The van der Waals surface area contributed by atoms with Gasteiger partial charge in [0.1, 0.15) is 0 Å². The van der Waals surface area contributed by atoms with Gasteiger partial charge in [0.05, 0.1) is 0 Å². The zero-order chi connectivity index (χ0) is 22.8. The van der Waals surface area contributed by atoms with Gasteiger partial charge in [-0.2, -0.15) is 12.1 Å². The summed E-state index contributed by atoms with van der Waals surface area (Å²) in [7, 11) is 0. The van der Waals surface area contributed by atoms with Crippen LogP contribution in [0, 0.1) is 20.8 Å². The predicted molar refractivity (Wildman–Crippen MR) is 140 cm³/mol. The van der Waals surface area contributed by atoms with Crippen LogP contribution in [-0.4, -0.2) is 0 Å². The summed E-state index contributed by atoms with van der Waals surface area (Å²) in [4.78, 5) is 0. The summed E-state index contributed by atoms with van der Waals surface area (Å²) in [5.74, 6) is 0. The quantitative estimate of drug-likeness (QED) is 0.148. The van der Waals surface area contributed by atoms with Crippen LogP contribution >= 0.6 is 0 Å². The van der Waals surface area contributed by atoms with E-state index in [0.717, 1.165) is 0 Å². The van der Waals surface area contributed by atoms with Crippen molar-refractivity contribution in [1.82, 2.24) is 0 Å². The molecular weight excluding hydrogens is 551 g/mol. The monoisotopic (exact) mass is 578 g/mol. The summed E-state index contributed by atoms with van der Waals surface area (Å²) in [6.45, 7) is 6.55. The fourth-order valence-corrected chi connectivity index (χ4v) is 5.22. The maximum absolute atomic E-state index is 2.35. The van der Waals surface area contributed by atoms with Gasteiger partial charge >= 0.3 is 21.7 Å². The molecule has 5 aromatic carbocycles. The van der Waals surface area contributed by atoms with Crippen molar-refractivity contribution in [3.05, 3.63) is 160 Å². The topological polar surface area (TPSA) is 0 Å². The Hall–Kier alpha value is -2.19. The van der Waals surface area contributed by atoms with Crippen molar-refractivity contribution in [3.63, 3.8) is 0 Å². The van der Waals surface area contributed by atoms with Crippen molar-refractivity contribution in [1.29, 1.82) is 0 Å². The number of hydrogen-bond donors (Lipinski definition) is 0. The molecule has 0 saturated heterocycles. The minimum atomic E-state index is -0.432. The van der Waals surface area contributed by atoms with Crippen LogP contribution in [0.4, 0.5) is 0 Å². The second kappa shape index (κ2) is 14.1. The Balaban J connectivity index is 0.00000171. The van der Waals surface area contributed by atoms with Crippen LogP contribution in [0.2, 0.25) is 0 Å². The molecular formula is C33H29Cl3Ti. The molecule has 0 N–H and O–H groups in total. The van der Waals surface area contributed by atoms with Gasteiger partial charge in [0.25, 0.3) is 0 Å². The average molecular weight is 580 g/mol. The van der Waals surface area contributed by atoms with Gasteiger partial charge in [-0.05, 0) is 37.5 Å². The Bertz CT molecular complexity index is 1300. The fourth-order valence-electron chi connectivity index (χ4n) is 5.22. The molecule has 186 valence electrons. The summed E-state index contributed by atoms with van der Waals surface area (Å²) in [6, 6.07) is 44.6. The fraction of sp³-hybridized carbons (Fsp3) is 0.121. The van der Waals surface area contributed by atoms with Gasteiger partial charge in [0, 0.05) is 5.41 Å². The number of benzene rings is 4. The van der Waals surface area contributed by atoms with E-state index in [9.17, 15) is 0 Å². The second-order valence-corrected chi connectivity index (χ2v) is 9.08. The molecule has 5 aromatic rings. The minimum absolute atomic E-state index is 0. The molecule has 0 bridgehead atoms. The van der Waals surface area contributed by atoms with Gasteiger partial charge in [-0.3, -0.25) is 0 Å². The van der Waals surface area contributed by atoms with E-state index >= 15 is 0 Å². The van der Waals surface area contributed by atoms with E-state index in [2.05, 4.69) is 142 Å². The van der Waals surface area contributed by atoms with Crippen molar-refractivity contribution >= 4 is 0 Å². The molecule has 0 spiro atoms. The van der Waals surface area contributed by atoms with Gasteiger partial charge < -0.3 is 37.2 Å². The van der Waals surface area contributed by atoms with Crippen LogP contribution in [0.25, 0.3) is 11.1 Å². The molecule has 37 heavy (non-hydrogen) atoms. The smallest absolute Gasteiger partial charge is 1.00 e. The summed E-state index contributed by atoms with van der Waals surface area (Å²) in [6.07, 6.45) is 0. The first kappa shape index (κ1) is 32.8. The molecule has 0 heterocycles. The van der Waals surface area contributed by atoms with Gasteiger partial charge in [-0.15, -0.1) is 17.2 Å². The molecule has 0 amide bonds. The third-order valence-corrected chi connectivity index (χ3v) is 6.66. The number of aryl methyl sites for hydroxylation is 3. The zero-order valence-corrected chi connectivity index (χ0v) is 25.0. The number of halogens is 3. The molecule has 0 aromatic heterocycles. The molecule has 5 rings (SSSR count). The van der Waals surface area contributed by atoms with E-state index in [1.807, 2.05) is 0 Å². The molecule has 4 heteroatoms. The Kier molecular flexibility index (Phi) is 12.5. The third-order valence-electron chi connectivity index (χ3n) is 6.66. The summed E-state index contributed by atoms with van der Waals surface area (Å²) in [5, 5.41) is 0. The van der Waals surface area contributed by atoms with Gasteiger partial charge in [-0.25, -0.2) is 0 Å². The zero-order valence-electron chi connectivity index (χ0n) is 21.2. The van der Waals surface area contributed by atoms with Crippen LogP contribution < -0.4 is 37.2 Å². The van der Waals surface area contributed by atoms with E-state index in [4.69, 9.17) is 0 Å². The molecule has 0 unspecified atom stereocenters. The van der Waals surface area contributed by atoms with Gasteiger partial charge in [-0.1, -0.05) is 125 Å². The van der Waals surface area contributed by atoms with Crippen molar-refractivity contribution in [2.24, 2.45) is 0 Å². The first-order valence-corrected chi connectivity index (χ1v) is 11.6. The Morgan fingerprint density at radius 2 is 0.919 bits per heavy atom. The SMILES string of the molecule is Cc1cccc(C(c2cccc(C)c2)(c2cccc(C)c2)[c-]2cccc2-c2ccccc2)c1.[Cl-].[Cl-].[Cl-].[Ti+4]. The third kappa shape index (κ3) is 6.28. The van der Waals surface area contributed by atoms with Crippen molar-refractivity contribution in [2.45, 2.75) is 26.2 Å². The molecule has 0 atom stereocenters. The van der Waals surface area contributed by atoms with Crippen LogP contribution in [0.3, 0.4) is 0 Å². The normalized spacial score (nSPS) is 10.2. The Morgan fingerprint density at radius 1 is 0.486 bits per heavy atom. The van der Waals surface area contributed by atoms with Crippen LogP contribution in [-0.2, 0) is 27.1 Å². The Morgan fingerprint density at radius 3 is 1.32 bits per heavy atom. The minimum Gasteiger partial charge on any atom is -1.00 e. The van der Waals surface area contributed by atoms with E-state index in [0.29, 0.717) is 0 Å². The largest absolute Gasteiger partial charge is 4.00 e. The van der Waals surface area contributed by atoms with Crippen LogP contribution in [0.15, 0.2) is 121 Å². The molecule has 0 fully saturated rings. The van der Waals surface area contributed by atoms with Crippen molar-refractivity contribution < 1.29 is 58.9 Å². The maximum atomic E-state index is 2.35. The molecule has 0 nitrogen and oxygen atoms in total. The number of hydrogen-bond acceptors (Lipinski definition) is 0. The van der Waals surface area contributed by atoms with Crippen molar-refractivity contribution in [3.8, 4) is 11.1 Å². The number of rotatable bonds is 5. The predicted octanol–water partition coefficient (Wildman–Crippen LogP) is -0.610. The van der Waals surface area contributed by atoms with Gasteiger partial charge in [0.2, 0.25) is 0 Å². The Labute approximate surface area is 255 Å². The summed E-state index contributed by atoms with van der Waals surface area (Å²) in [5.41, 5.74) is 11.1. The van der Waals surface area contributed by atoms with Crippen LogP contribution in [0.1, 0.15) is 38.9 Å². The van der Waals surface area contributed by atoms with Gasteiger partial charge in [0.15, 0.2) is 0 Å².